The van der Waals surface area contributed by atoms with Crippen LogP contribution in [0.2, 0.25) is 10.0 Å². The molecule has 0 aliphatic heterocycles. The van der Waals surface area contributed by atoms with Crippen LogP contribution in [0.25, 0.3) is 0 Å². The highest BCUT2D eigenvalue weighted by atomic mass is 35.5. The van der Waals surface area contributed by atoms with Crippen LogP contribution in [-0.2, 0) is 0 Å². The van der Waals surface area contributed by atoms with Crippen LogP contribution in [0.4, 0.5) is 0 Å². The first-order valence-corrected chi connectivity index (χ1v) is 19.0. The van der Waals surface area contributed by atoms with Gasteiger partial charge in [0, 0.05) is 14.9 Å². The molecule has 1 aliphatic carbocycles. The van der Waals surface area contributed by atoms with Gasteiger partial charge in [-0.3, -0.25) is 0 Å². The summed E-state index contributed by atoms with van der Waals surface area (Å²) in [6.07, 6.45) is 17.1. The third-order valence-electron chi connectivity index (χ3n) is 8.31. The molecular weight excluding hydrogens is 638 g/mol. The van der Waals surface area contributed by atoms with E-state index in [1.807, 2.05) is 36.0 Å². The number of alkyl halides is 1. The molecule has 44 heavy (non-hydrogen) atoms. The number of halogens is 3. The minimum atomic E-state index is -0.739. The molecule has 0 aromatic heterocycles. The summed E-state index contributed by atoms with van der Waals surface area (Å²) in [6.45, 7) is 2.28. The Bertz CT molecular complexity index is 1450. The number of hydrogen-bond acceptors (Lipinski definition) is 1. The zero-order valence-electron chi connectivity index (χ0n) is 25.2. The molecule has 3 atom stereocenters. The number of benzene rings is 4. The molecule has 228 valence electrons. The zero-order chi connectivity index (χ0) is 30.8. The molecule has 4 aromatic carbocycles. The Morgan fingerprint density at radius 2 is 1.27 bits per heavy atom. The Labute approximate surface area is 284 Å². The maximum absolute atomic E-state index is 7.44. The second-order valence-corrected chi connectivity index (χ2v) is 16.5. The molecular formula is C39H40Cl3PS. The van der Waals surface area contributed by atoms with Crippen molar-refractivity contribution in [1.29, 1.82) is 0 Å². The summed E-state index contributed by atoms with van der Waals surface area (Å²) in [6, 6.07) is 36.6. The van der Waals surface area contributed by atoms with E-state index in [0.717, 1.165) is 22.9 Å². The Kier molecular flexibility index (Phi) is 12.5. The molecule has 0 nitrogen and oxygen atoms in total. The van der Waals surface area contributed by atoms with Crippen molar-refractivity contribution in [3.8, 4) is 0 Å². The van der Waals surface area contributed by atoms with Gasteiger partial charge in [-0.25, -0.2) is 0 Å². The minimum absolute atomic E-state index is 0.171. The van der Waals surface area contributed by atoms with Crippen LogP contribution in [0, 0.1) is 0 Å². The van der Waals surface area contributed by atoms with E-state index in [2.05, 4.69) is 110 Å². The van der Waals surface area contributed by atoms with Gasteiger partial charge in [-0.05, 0) is 91.0 Å². The molecule has 3 unspecified atom stereocenters. The van der Waals surface area contributed by atoms with Gasteiger partial charge >= 0.3 is 0 Å². The van der Waals surface area contributed by atoms with Gasteiger partial charge in [-0.1, -0.05) is 147 Å². The van der Waals surface area contributed by atoms with Crippen LogP contribution in [0.5, 0.6) is 0 Å². The molecule has 0 spiro atoms. The van der Waals surface area contributed by atoms with Gasteiger partial charge in [-0.15, -0.1) is 23.4 Å². The van der Waals surface area contributed by atoms with Crippen LogP contribution >= 0.6 is 54.5 Å². The first kappa shape index (κ1) is 33.4. The first-order valence-electron chi connectivity index (χ1n) is 15.6. The molecule has 0 amide bonds. The average Bonchev–Trinajstić information content (AvgIpc) is 3.05. The summed E-state index contributed by atoms with van der Waals surface area (Å²) in [4.78, 5) is 0.828. The fraction of sp³-hybridized carbons (Fsp3) is 0.282. The van der Waals surface area contributed by atoms with Gasteiger partial charge in [0.15, 0.2) is 0 Å². The lowest BCUT2D eigenvalue weighted by Gasteiger charge is -2.33. The van der Waals surface area contributed by atoms with E-state index < -0.39 is 12.8 Å². The predicted molar refractivity (Wildman–Crippen MR) is 199 cm³/mol. The Morgan fingerprint density at radius 1 is 0.705 bits per heavy atom. The third kappa shape index (κ3) is 9.05. The smallest absolute Gasteiger partial charge is 0.0785 e. The zero-order valence-corrected chi connectivity index (χ0v) is 29.2. The number of thioether (sulfide) groups is 1. The first-order chi connectivity index (χ1) is 21.4. The van der Waals surface area contributed by atoms with Crippen LogP contribution in [0.3, 0.4) is 0 Å². The van der Waals surface area contributed by atoms with E-state index in [9.17, 15) is 0 Å². The van der Waals surface area contributed by atoms with E-state index in [4.69, 9.17) is 34.8 Å². The fourth-order valence-corrected chi connectivity index (χ4v) is 9.96. The number of allylic oxidation sites excluding steroid dienone is 3. The quantitative estimate of drug-likeness (QED) is 0.0727. The molecule has 0 bridgehead atoms. The van der Waals surface area contributed by atoms with Crippen LogP contribution in [0.1, 0.15) is 63.4 Å². The SMILES string of the molecule is CCCCCC(CCCC1(Cl)C=CC=CC1Sc1ccc(P(c2ccc(Cl)cc2)c2ccc(Cl)cc2)cc1)c1ccccc1. The van der Waals surface area contributed by atoms with Crippen molar-refractivity contribution in [2.24, 2.45) is 0 Å². The Balaban J connectivity index is 1.28. The second-order valence-electron chi connectivity index (χ2n) is 11.5. The molecule has 0 saturated carbocycles. The summed E-state index contributed by atoms with van der Waals surface area (Å²) in [5, 5.41) is 5.48. The van der Waals surface area contributed by atoms with Gasteiger partial charge < -0.3 is 0 Å². The summed E-state index contributed by atoms with van der Waals surface area (Å²) in [7, 11) is -0.739. The molecule has 4 aromatic rings. The third-order valence-corrected chi connectivity index (χ3v) is 13.3. The summed E-state index contributed by atoms with van der Waals surface area (Å²) in [5.41, 5.74) is 1.47. The Hall–Kier alpha value is -1.99. The molecule has 5 heteroatoms. The number of unbranched alkanes of at least 4 members (excludes halogenated alkanes) is 2. The van der Waals surface area contributed by atoms with E-state index in [1.54, 1.807) is 0 Å². The van der Waals surface area contributed by atoms with Crippen molar-refractivity contribution < 1.29 is 0 Å². The van der Waals surface area contributed by atoms with Gasteiger partial charge in [-0.2, -0.15) is 0 Å². The van der Waals surface area contributed by atoms with Crippen molar-refractivity contribution >= 4 is 70.4 Å². The summed E-state index contributed by atoms with van der Waals surface area (Å²) in [5.74, 6) is 0.598. The van der Waals surface area contributed by atoms with Crippen molar-refractivity contribution in [3.63, 3.8) is 0 Å². The van der Waals surface area contributed by atoms with E-state index >= 15 is 0 Å². The lowest BCUT2D eigenvalue weighted by Crippen LogP contribution is -2.32. The molecule has 0 saturated heterocycles. The van der Waals surface area contributed by atoms with Crippen LogP contribution in [-0.4, -0.2) is 10.1 Å². The highest BCUT2D eigenvalue weighted by Gasteiger charge is 2.35. The fourth-order valence-electron chi connectivity index (χ4n) is 5.91. The molecule has 0 radical (unpaired) electrons. The predicted octanol–water partition coefficient (Wildman–Crippen LogP) is 11.9. The molecule has 0 N–H and O–H groups in total. The number of hydrogen-bond donors (Lipinski definition) is 0. The summed E-state index contributed by atoms with van der Waals surface area (Å²) < 4.78 is 0. The standard InChI is InChI=1S/C39H40Cl3PS/c1-2-3-5-11-31(30-12-6-4-7-13-30)14-10-29-39(42)28-9-8-15-38(39)44-37-26-24-36(25-27-37)43(34-20-16-32(40)17-21-34)35-22-18-33(41)19-23-35/h4,6-9,12-13,15-28,31,38H,2-3,5,10-11,14,29H2,1H3. The van der Waals surface area contributed by atoms with Gasteiger partial charge in [0.05, 0.1) is 10.1 Å². The van der Waals surface area contributed by atoms with E-state index in [0.29, 0.717) is 5.92 Å². The van der Waals surface area contributed by atoms with E-state index in [-0.39, 0.29) is 5.25 Å². The normalized spacial score (nSPS) is 18.5. The highest BCUT2D eigenvalue weighted by molar-refractivity contribution is 8.00. The maximum Gasteiger partial charge on any atom is 0.0785 e. The monoisotopic (exact) mass is 676 g/mol. The van der Waals surface area contributed by atoms with Crippen molar-refractivity contribution in [2.75, 3.05) is 0 Å². The van der Waals surface area contributed by atoms with Crippen molar-refractivity contribution in [3.05, 3.63) is 143 Å². The molecule has 0 fully saturated rings. The van der Waals surface area contributed by atoms with Crippen molar-refractivity contribution in [1.82, 2.24) is 0 Å². The number of rotatable bonds is 14. The molecule has 5 rings (SSSR count). The van der Waals surface area contributed by atoms with Crippen molar-refractivity contribution in [2.45, 2.75) is 72.8 Å². The second kappa shape index (κ2) is 16.5. The Morgan fingerprint density at radius 3 is 1.86 bits per heavy atom. The molecule has 0 heterocycles. The average molecular weight is 678 g/mol. The maximum atomic E-state index is 7.44. The lowest BCUT2D eigenvalue weighted by atomic mass is 9.86. The molecule has 1 aliphatic rings. The van der Waals surface area contributed by atoms with Gasteiger partial charge in [0.2, 0.25) is 0 Å². The largest absolute Gasteiger partial charge is 0.116 e. The van der Waals surface area contributed by atoms with Gasteiger partial charge in [0.1, 0.15) is 0 Å². The topological polar surface area (TPSA) is 0 Å². The summed E-state index contributed by atoms with van der Waals surface area (Å²) >= 11 is 21.8. The van der Waals surface area contributed by atoms with Gasteiger partial charge in [0.25, 0.3) is 0 Å². The van der Waals surface area contributed by atoms with Crippen LogP contribution < -0.4 is 15.9 Å². The highest BCUT2D eigenvalue weighted by Crippen LogP contribution is 2.43. The van der Waals surface area contributed by atoms with Crippen LogP contribution in [0.15, 0.2) is 132 Å². The minimum Gasteiger partial charge on any atom is -0.116 e. The lowest BCUT2D eigenvalue weighted by molar-refractivity contribution is 0.488. The van der Waals surface area contributed by atoms with E-state index in [1.165, 1.54) is 58.5 Å².